The van der Waals surface area contributed by atoms with E-state index in [4.69, 9.17) is 5.11 Å². The Bertz CT molecular complexity index is 426. The third-order valence-electron chi connectivity index (χ3n) is 2.23. The Morgan fingerprint density at radius 3 is 2.71 bits per heavy atom. The molecule has 2 N–H and O–H groups in total. The number of carbonyl (C=O) groups excluding carboxylic acids is 1. The van der Waals surface area contributed by atoms with Crippen molar-refractivity contribution in [2.45, 2.75) is 19.3 Å². The van der Waals surface area contributed by atoms with Gasteiger partial charge in [0.05, 0.1) is 0 Å². The Kier molecular flexibility index (Phi) is 4.94. The Morgan fingerprint density at radius 2 is 2.06 bits per heavy atom. The molecule has 90 valence electrons. The van der Waals surface area contributed by atoms with Crippen LogP contribution in [0.3, 0.4) is 0 Å². The van der Waals surface area contributed by atoms with Crippen molar-refractivity contribution in [3.05, 3.63) is 42.5 Å². The van der Waals surface area contributed by atoms with Gasteiger partial charge in [0.1, 0.15) is 0 Å². The molecule has 4 nitrogen and oxygen atoms in total. The van der Waals surface area contributed by atoms with E-state index in [0.717, 1.165) is 5.56 Å². The minimum atomic E-state index is -0.850. The number of para-hydroxylation sites is 1. The number of nitrogens with one attached hydrogen (secondary N) is 1. The SMILES string of the molecule is C=CCC(=O)Nc1ccccc1CCC(=O)O. The second-order valence-corrected chi connectivity index (χ2v) is 3.59. The molecule has 1 amide bonds. The molecule has 0 aliphatic heterocycles. The first-order chi connectivity index (χ1) is 8.13. The van der Waals surface area contributed by atoms with Crippen LogP contribution < -0.4 is 5.32 Å². The van der Waals surface area contributed by atoms with Gasteiger partial charge in [-0.1, -0.05) is 24.3 Å². The van der Waals surface area contributed by atoms with Gasteiger partial charge in [-0.2, -0.15) is 0 Å². The quantitative estimate of drug-likeness (QED) is 0.740. The van der Waals surface area contributed by atoms with Gasteiger partial charge in [0.2, 0.25) is 5.91 Å². The van der Waals surface area contributed by atoms with Gasteiger partial charge in [0.25, 0.3) is 0 Å². The summed E-state index contributed by atoms with van der Waals surface area (Å²) >= 11 is 0. The summed E-state index contributed by atoms with van der Waals surface area (Å²) in [5, 5.41) is 11.4. The van der Waals surface area contributed by atoms with Crippen molar-refractivity contribution in [3.63, 3.8) is 0 Å². The molecule has 1 aromatic rings. The van der Waals surface area contributed by atoms with Gasteiger partial charge in [-0.25, -0.2) is 0 Å². The van der Waals surface area contributed by atoms with Crippen LogP contribution in [0.1, 0.15) is 18.4 Å². The van der Waals surface area contributed by atoms with E-state index in [1.165, 1.54) is 6.08 Å². The molecule has 0 atom stereocenters. The number of aliphatic carboxylic acids is 1. The Hall–Kier alpha value is -2.10. The van der Waals surface area contributed by atoms with Crippen molar-refractivity contribution < 1.29 is 14.7 Å². The summed E-state index contributed by atoms with van der Waals surface area (Å²) in [6, 6.07) is 7.19. The van der Waals surface area contributed by atoms with Gasteiger partial charge in [0, 0.05) is 18.5 Å². The van der Waals surface area contributed by atoms with Crippen molar-refractivity contribution in [2.24, 2.45) is 0 Å². The second kappa shape index (κ2) is 6.48. The van der Waals surface area contributed by atoms with Gasteiger partial charge in [0.15, 0.2) is 0 Å². The maximum absolute atomic E-state index is 11.4. The van der Waals surface area contributed by atoms with E-state index in [1.807, 2.05) is 12.1 Å². The second-order valence-electron chi connectivity index (χ2n) is 3.59. The van der Waals surface area contributed by atoms with Crippen LogP contribution >= 0.6 is 0 Å². The highest BCUT2D eigenvalue weighted by Gasteiger charge is 2.06. The van der Waals surface area contributed by atoms with Gasteiger partial charge in [-0.15, -0.1) is 6.58 Å². The normalized spacial score (nSPS) is 9.65. The Labute approximate surface area is 100.0 Å². The molecule has 0 saturated heterocycles. The standard InChI is InChI=1S/C13H15NO3/c1-2-5-12(15)14-11-7-4-3-6-10(11)8-9-13(16)17/h2-4,6-7H,1,5,8-9H2,(H,14,15)(H,16,17). The summed E-state index contributed by atoms with van der Waals surface area (Å²) in [4.78, 5) is 21.9. The highest BCUT2D eigenvalue weighted by molar-refractivity contribution is 5.92. The van der Waals surface area contributed by atoms with Crippen LogP contribution in [-0.4, -0.2) is 17.0 Å². The summed E-state index contributed by atoms with van der Waals surface area (Å²) in [6.07, 6.45) is 2.22. The zero-order chi connectivity index (χ0) is 12.7. The number of hydrogen-bond acceptors (Lipinski definition) is 2. The molecule has 1 aromatic carbocycles. The molecule has 0 aromatic heterocycles. The predicted molar refractivity (Wildman–Crippen MR) is 65.8 cm³/mol. The number of hydrogen-bond donors (Lipinski definition) is 2. The molecule has 1 rings (SSSR count). The van der Waals surface area contributed by atoms with Crippen molar-refractivity contribution in [1.82, 2.24) is 0 Å². The molecule has 0 radical (unpaired) electrons. The fraction of sp³-hybridized carbons (Fsp3) is 0.231. The van der Waals surface area contributed by atoms with Crippen molar-refractivity contribution >= 4 is 17.6 Å². The predicted octanol–water partition coefficient (Wildman–Crippen LogP) is 2.22. The van der Waals surface area contributed by atoms with Crippen LogP contribution in [0, 0.1) is 0 Å². The van der Waals surface area contributed by atoms with E-state index in [9.17, 15) is 9.59 Å². The summed E-state index contributed by atoms with van der Waals surface area (Å²) in [6.45, 7) is 3.49. The van der Waals surface area contributed by atoms with E-state index >= 15 is 0 Å². The van der Waals surface area contributed by atoms with E-state index in [1.54, 1.807) is 12.1 Å². The molecule has 4 heteroatoms. The van der Waals surface area contributed by atoms with Crippen LogP contribution in [0.4, 0.5) is 5.69 Å². The first-order valence-corrected chi connectivity index (χ1v) is 5.34. The van der Waals surface area contributed by atoms with E-state index in [0.29, 0.717) is 12.1 Å². The van der Waals surface area contributed by atoms with Crippen LogP contribution in [0.5, 0.6) is 0 Å². The minimum Gasteiger partial charge on any atom is -0.481 e. The molecule has 0 saturated carbocycles. The lowest BCUT2D eigenvalue weighted by Gasteiger charge is -2.09. The molecule has 0 aliphatic carbocycles. The summed E-state index contributed by atoms with van der Waals surface area (Å²) < 4.78 is 0. The van der Waals surface area contributed by atoms with Crippen LogP contribution in [0.2, 0.25) is 0 Å². The number of carbonyl (C=O) groups is 2. The molecule has 0 spiro atoms. The van der Waals surface area contributed by atoms with E-state index in [2.05, 4.69) is 11.9 Å². The Balaban J connectivity index is 2.73. The van der Waals surface area contributed by atoms with Crippen LogP contribution in [0.15, 0.2) is 36.9 Å². The van der Waals surface area contributed by atoms with Gasteiger partial charge in [-0.3, -0.25) is 9.59 Å². The highest BCUT2D eigenvalue weighted by Crippen LogP contribution is 2.17. The number of amides is 1. The monoisotopic (exact) mass is 233 g/mol. The number of carboxylic acid groups (broad SMARTS) is 1. The third kappa shape index (κ3) is 4.51. The summed E-state index contributed by atoms with van der Waals surface area (Å²) in [5.74, 6) is -1.00. The smallest absolute Gasteiger partial charge is 0.303 e. The molecule has 0 fully saturated rings. The zero-order valence-corrected chi connectivity index (χ0v) is 9.48. The maximum atomic E-state index is 11.4. The molecule has 0 bridgehead atoms. The number of aryl methyl sites for hydroxylation is 1. The van der Waals surface area contributed by atoms with Gasteiger partial charge >= 0.3 is 5.97 Å². The average Bonchev–Trinajstić information content (AvgIpc) is 2.28. The third-order valence-corrected chi connectivity index (χ3v) is 2.23. The van der Waals surface area contributed by atoms with Gasteiger partial charge < -0.3 is 10.4 Å². The first-order valence-electron chi connectivity index (χ1n) is 5.34. The number of carboxylic acids is 1. The fourth-order valence-electron chi connectivity index (χ4n) is 1.43. The lowest BCUT2D eigenvalue weighted by Crippen LogP contribution is -2.12. The van der Waals surface area contributed by atoms with Crippen LogP contribution in [-0.2, 0) is 16.0 Å². The molecule has 17 heavy (non-hydrogen) atoms. The van der Waals surface area contributed by atoms with Crippen molar-refractivity contribution in [1.29, 1.82) is 0 Å². The lowest BCUT2D eigenvalue weighted by molar-refractivity contribution is -0.136. The fourth-order valence-corrected chi connectivity index (χ4v) is 1.43. The largest absolute Gasteiger partial charge is 0.481 e. The van der Waals surface area contributed by atoms with Gasteiger partial charge in [-0.05, 0) is 18.1 Å². The molecule has 0 heterocycles. The van der Waals surface area contributed by atoms with Crippen molar-refractivity contribution in [2.75, 3.05) is 5.32 Å². The maximum Gasteiger partial charge on any atom is 0.303 e. The van der Waals surface area contributed by atoms with E-state index < -0.39 is 5.97 Å². The molecular weight excluding hydrogens is 218 g/mol. The van der Waals surface area contributed by atoms with Crippen LogP contribution in [0.25, 0.3) is 0 Å². The Morgan fingerprint density at radius 1 is 1.35 bits per heavy atom. The first kappa shape index (κ1) is 13.0. The van der Waals surface area contributed by atoms with E-state index in [-0.39, 0.29) is 18.7 Å². The zero-order valence-electron chi connectivity index (χ0n) is 9.48. The number of benzene rings is 1. The number of anilines is 1. The summed E-state index contributed by atoms with van der Waals surface area (Å²) in [7, 11) is 0. The molecular formula is C13H15NO3. The highest BCUT2D eigenvalue weighted by atomic mass is 16.4. The molecule has 0 aliphatic rings. The molecule has 0 unspecified atom stereocenters. The lowest BCUT2D eigenvalue weighted by atomic mass is 10.1. The number of rotatable bonds is 6. The summed E-state index contributed by atoms with van der Waals surface area (Å²) in [5.41, 5.74) is 1.49. The topological polar surface area (TPSA) is 66.4 Å². The van der Waals surface area contributed by atoms with Crippen molar-refractivity contribution in [3.8, 4) is 0 Å². The minimum absolute atomic E-state index is 0.0499. The average molecular weight is 233 g/mol.